The Morgan fingerprint density at radius 3 is 2.69 bits per heavy atom. The van der Waals surface area contributed by atoms with Gasteiger partial charge in [0.05, 0.1) is 17.6 Å². The second kappa shape index (κ2) is 6.84. The van der Waals surface area contributed by atoms with E-state index in [2.05, 4.69) is 15.4 Å². The van der Waals surface area contributed by atoms with E-state index in [1.54, 1.807) is 17.2 Å². The lowest BCUT2D eigenvalue weighted by molar-refractivity contribution is 0.0936. The van der Waals surface area contributed by atoms with E-state index in [9.17, 15) is 4.79 Å². The number of nitrogens with one attached hydrogen (secondary N) is 1. The van der Waals surface area contributed by atoms with E-state index in [0.29, 0.717) is 12.1 Å². The monoisotopic (exact) mass is 345 g/mol. The Balaban J connectivity index is 1.48. The third-order valence-electron chi connectivity index (χ3n) is 4.26. The van der Waals surface area contributed by atoms with Crippen molar-refractivity contribution in [2.45, 2.75) is 19.5 Å². The minimum absolute atomic E-state index is 0.0142. The fourth-order valence-corrected chi connectivity index (χ4v) is 2.98. The van der Waals surface area contributed by atoms with Crippen LogP contribution in [0.5, 0.6) is 0 Å². The summed E-state index contributed by atoms with van der Waals surface area (Å²) in [4.78, 5) is 16.8. The number of para-hydroxylation sites is 2. The first kappa shape index (κ1) is 16.1. The predicted octanol–water partition coefficient (Wildman–Crippen LogP) is 3.04. The zero-order chi connectivity index (χ0) is 17.9. The lowest BCUT2D eigenvalue weighted by atomic mass is 10.1. The van der Waals surface area contributed by atoms with Gasteiger partial charge in [-0.15, -0.1) is 0 Å². The number of fused-ring (bicyclic) bond motifs is 1. The number of benzene rings is 2. The maximum atomic E-state index is 12.4. The fraction of sp³-hybridized carbons (Fsp3) is 0.150. The summed E-state index contributed by atoms with van der Waals surface area (Å²) in [6, 6.07) is 17.4. The molecular formula is C20H19N5O. The lowest BCUT2D eigenvalue weighted by Crippen LogP contribution is -2.35. The predicted molar refractivity (Wildman–Crippen MR) is 100 cm³/mol. The maximum absolute atomic E-state index is 12.4. The van der Waals surface area contributed by atoms with Gasteiger partial charge in [0.15, 0.2) is 0 Å². The van der Waals surface area contributed by atoms with Crippen molar-refractivity contribution in [3.05, 3.63) is 78.9 Å². The quantitative estimate of drug-likeness (QED) is 0.605. The number of hydrogen-bond donors (Lipinski definition) is 1. The average molecular weight is 345 g/mol. The van der Waals surface area contributed by atoms with Crippen LogP contribution in [0.4, 0.5) is 0 Å². The Bertz CT molecular complexity index is 1020. The molecule has 1 atom stereocenters. The summed E-state index contributed by atoms with van der Waals surface area (Å²) < 4.78 is 3.82. The summed E-state index contributed by atoms with van der Waals surface area (Å²) in [6.07, 6.45) is 5.41. The number of amides is 1. The third kappa shape index (κ3) is 3.21. The second-order valence-corrected chi connectivity index (χ2v) is 6.25. The summed E-state index contributed by atoms with van der Waals surface area (Å²) in [5.41, 5.74) is 3.59. The van der Waals surface area contributed by atoms with Crippen molar-refractivity contribution in [3.8, 4) is 5.69 Å². The molecule has 0 fully saturated rings. The highest BCUT2D eigenvalue weighted by atomic mass is 16.1. The molecule has 1 unspecified atom stereocenters. The van der Waals surface area contributed by atoms with Gasteiger partial charge in [-0.25, -0.2) is 4.98 Å². The Morgan fingerprint density at radius 2 is 1.92 bits per heavy atom. The zero-order valence-electron chi connectivity index (χ0n) is 14.4. The van der Waals surface area contributed by atoms with Crippen LogP contribution < -0.4 is 5.32 Å². The fourth-order valence-electron chi connectivity index (χ4n) is 2.98. The molecule has 0 spiro atoms. The molecule has 4 rings (SSSR count). The van der Waals surface area contributed by atoms with Gasteiger partial charge in [0.2, 0.25) is 0 Å². The molecule has 1 N–H and O–H groups in total. The number of carbonyl (C=O) groups is 1. The van der Waals surface area contributed by atoms with Crippen LogP contribution in [-0.2, 0) is 6.54 Å². The van der Waals surface area contributed by atoms with Crippen LogP contribution in [0.3, 0.4) is 0 Å². The van der Waals surface area contributed by atoms with Crippen molar-refractivity contribution in [3.63, 3.8) is 0 Å². The second-order valence-electron chi connectivity index (χ2n) is 6.25. The third-order valence-corrected chi connectivity index (χ3v) is 4.26. The van der Waals surface area contributed by atoms with E-state index in [1.165, 1.54) is 0 Å². The molecule has 26 heavy (non-hydrogen) atoms. The Morgan fingerprint density at radius 1 is 1.12 bits per heavy atom. The summed E-state index contributed by atoms with van der Waals surface area (Å²) in [6.45, 7) is 2.60. The first-order valence-electron chi connectivity index (χ1n) is 8.51. The molecule has 6 nitrogen and oxygen atoms in total. The molecule has 0 saturated heterocycles. The molecule has 4 aromatic rings. The molecule has 130 valence electrons. The molecule has 0 radical (unpaired) electrons. The molecule has 2 aromatic heterocycles. The maximum Gasteiger partial charge on any atom is 0.251 e. The van der Waals surface area contributed by atoms with Crippen molar-refractivity contribution >= 4 is 16.9 Å². The molecule has 1 amide bonds. The van der Waals surface area contributed by atoms with Crippen molar-refractivity contribution in [2.75, 3.05) is 0 Å². The van der Waals surface area contributed by atoms with Crippen LogP contribution in [0.25, 0.3) is 16.7 Å². The highest BCUT2D eigenvalue weighted by Crippen LogP contribution is 2.18. The number of imidazole rings is 1. The Hall–Kier alpha value is -3.41. The molecule has 0 aliphatic heterocycles. The Kier molecular flexibility index (Phi) is 4.23. The first-order valence-corrected chi connectivity index (χ1v) is 8.51. The molecule has 2 heterocycles. The highest BCUT2D eigenvalue weighted by Gasteiger charge is 2.11. The Labute approximate surface area is 151 Å². The van der Waals surface area contributed by atoms with Crippen molar-refractivity contribution in [1.82, 2.24) is 24.6 Å². The van der Waals surface area contributed by atoms with E-state index >= 15 is 0 Å². The minimum Gasteiger partial charge on any atom is -0.348 e. The number of carbonyl (C=O) groups excluding carboxylic acids is 1. The smallest absolute Gasteiger partial charge is 0.251 e. The van der Waals surface area contributed by atoms with Crippen LogP contribution in [0.2, 0.25) is 0 Å². The molecule has 2 aromatic carbocycles. The van der Waals surface area contributed by atoms with Gasteiger partial charge < -0.3 is 5.32 Å². The summed E-state index contributed by atoms with van der Waals surface area (Å²) >= 11 is 0. The number of rotatable bonds is 5. The standard InChI is InChI=1S/C20H19N5O/c1-15(13-24-12-4-11-22-24)23-20(26)16-7-9-17(10-8-16)25-14-21-18-5-2-3-6-19(18)25/h2-12,14-15H,13H2,1H3,(H,23,26). The van der Waals surface area contributed by atoms with E-state index in [4.69, 9.17) is 0 Å². The molecular weight excluding hydrogens is 326 g/mol. The summed E-state index contributed by atoms with van der Waals surface area (Å²) in [5.74, 6) is -0.0910. The molecule has 6 heteroatoms. The van der Waals surface area contributed by atoms with E-state index in [-0.39, 0.29) is 11.9 Å². The average Bonchev–Trinajstić information content (AvgIpc) is 3.31. The van der Waals surface area contributed by atoms with Crippen molar-refractivity contribution in [2.24, 2.45) is 0 Å². The summed E-state index contributed by atoms with van der Waals surface area (Å²) in [5, 5.41) is 7.16. The number of hydrogen-bond acceptors (Lipinski definition) is 3. The largest absolute Gasteiger partial charge is 0.348 e. The van der Waals surface area contributed by atoms with E-state index < -0.39 is 0 Å². The van der Waals surface area contributed by atoms with Crippen LogP contribution in [-0.4, -0.2) is 31.3 Å². The van der Waals surface area contributed by atoms with Crippen LogP contribution in [0.1, 0.15) is 17.3 Å². The van der Waals surface area contributed by atoms with E-state index in [1.807, 2.05) is 72.3 Å². The van der Waals surface area contributed by atoms with Crippen LogP contribution >= 0.6 is 0 Å². The zero-order valence-corrected chi connectivity index (χ0v) is 14.4. The van der Waals surface area contributed by atoms with Crippen LogP contribution in [0.15, 0.2) is 73.3 Å². The van der Waals surface area contributed by atoms with Gasteiger partial charge in [0, 0.05) is 29.7 Å². The van der Waals surface area contributed by atoms with Gasteiger partial charge in [-0.05, 0) is 49.4 Å². The normalized spacial score (nSPS) is 12.2. The van der Waals surface area contributed by atoms with Gasteiger partial charge in [-0.3, -0.25) is 14.0 Å². The first-order chi connectivity index (χ1) is 12.7. The molecule has 0 aliphatic rings. The van der Waals surface area contributed by atoms with Gasteiger partial charge in [0.25, 0.3) is 5.91 Å². The van der Waals surface area contributed by atoms with E-state index in [0.717, 1.165) is 16.7 Å². The van der Waals surface area contributed by atoms with Gasteiger partial charge in [-0.2, -0.15) is 5.10 Å². The highest BCUT2D eigenvalue weighted by molar-refractivity contribution is 5.94. The van der Waals surface area contributed by atoms with Gasteiger partial charge in [-0.1, -0.05) is 12.1 Å². The summed E-state index contributed by atoms with van der Waals surface area (Å²) in [7, 11) is 0. The SMILES string of the molecule is CC(Cn1cccn1)NC(=O)c1ccc(-n2cnc3ccccc32)cc1. The van der Waals surface area contributed by atoms with Gasteiger partial charge >= 0.3 is 0 Å². The molecule has 0 saturated carbocycles. The number of nitrogens with zero attached hydrogens (tertiary/aromatic N) is 4. The molecule has 0 aliphatic carbocycles. The van der Waals surface area contributed by atoms with Gasteiger partial charge in [0.1, 0.15) is 6.33 Å². The topological polar surface area (TPSA) is 64.7 Å². The van der Waals surface area contributed by atoms with Crippen molar-refractivity contribution < 1.29 is 4.79 Å². The minimum atomic E-state index is -0.0910. The van der Waals surface area contributed by atoms with Crippen molar-refractivity contribution in [1.29, 1.82) is 0 Å². The number of aromatic nitrogens is 4. The molecule has 0 bridgehead atoms. The lowest BCUT2D eigenvalue weighted by Gasteiger charge is -2.14. The van der Waals surface area contributed by atoms with Crippen LogP contribution in [0, 0.1) is 0 Å².